The highest BCUT2D eigenvalue weighted by atomic mass is 16.3. The molecule has 2 bridgehead atoms. The van der Waals surface area contributed by atoms with Gasteiger partial charge in [-0.25, -0.2) is 0 Å². The van der Waals surface area contributed by atoms with E-state index in [1.54, 1.807) is 6.07 Å². The molecule has 2 fully saturated rings. The van der Waals surface area contributed by atoms with Gasteiger partial charge in [0, 0.05) is 36.9 Å². The number of fused-ring (bicyclic) bond motifs is 2. The number of hydrogen-bond acceptors (Lipinski definition) is 3. The summed E-state index contributed by atoms with van der Waals surface area (Å²) in [5, 5.41) is 13.3. The molecule has 2 unspecified atom stereocenters. The minimum Gasteiger partial charge on any atom is -0.508 e. The van der Waals surface area contributed by atoms with Gasteiger partial charge >= 0.3 is 0 Å². The number of likely N-dealkylation sites (tertiary alicyclic amines) is 1. The second-order valence-corrected chi connectivity index (χ2v) is 6.72. The van der Waals surface area contributed by atoms with Crippen LogP contribution in [0.15, 0.2) is 24.3 Å². The summed E-state index contributed by atoms with van der Waals surface area (Å²) in [6.07, 6.45) is 4.03. The molecule has 1 aliphatic heterocycles. The zero-order chi connectivity index (χ0) is 14.1. The Morgan fingerprint density at radius 3 is 2.50 bits per heavy atom. The summed E-state index contributed by atoms with van der Waals surface area (Å²) in [6.45, 7) is 7.03. The molecule has 110 valence electrons. The number of phenols is 1. The molecule has 1 aromatic carbocycles. The van der Waals surface area contributed by atoms with Gasteiger partial charge in [0.25, 0.3) is 0 Å². The monoisotopic (exact) mass is 274 g/mol. The Morgan fingerprint density at radius 2 is 1.90 bits per heavy atom. The number of anilines is 1. The molecule has 0 radical (unpaired) electrons. The number of aromatic hydroxyl groups is 1. The van der Waals surface area contributed by atoms with Crippen LogP contribution >= 0.6 is 0 Å². The van der Waals surface area contributed by atoms with Gasteiger partial charge in [0.2, 0.25) is 0 Å². The molecule has 0 amide bonds. The zero-order valence-electron chi connectivity index (χ0n) is 12.5. The van der Waals surface area contributed by atoms with E-state index >= 15 is 0 Å². The van der Waals surface area contributed by atoms with Crippen LogP contribution in [0.2, 0.25) is 0 Å². The molecule has 3 nitrogen and oxygen atoms in total. The number of nitrogens with zero attached hydrogens (tertiary/aromatic N) is 1. The van der Waals surface area contributed by atoms with Gasteiger partial charge in [-0.05, 0) is 50.7 Å². The van der Waals surface area contributed by atoms with Crippen LogP contribution in [-0.2, 0) is 0 Å². The van der Waals surface area contributed by atoms with Gasteiger partial charge in [-0.15, -0.1) is 0 Å². The van der Waals surface area contributed by atoms with Gasteiger partial charge in [0.05, 0.1) is 0 Å². The number of benzene rings is 1. The van der Waals surface area contributed by atoms with E-state index in [4.69, 9.17) is 0 Å². The normalized spacial score (nSPS) is 30.4. The van der Waals surface area contributed by atoms with Crippen LogP contribution in [0.1, 0.15) is 33.1 Å². The van der Waals surface area contributed by atoms with Crippen LogP contribution in [0.25, 0.3) is 0 Å². The average Bonchev–Trinajstić information content (AvgIpc) is 2.38. The van der Waals surface area contributed by atoms with Crippen LogP contribution in [0.3, 0.4) is 0 Å². The maximum atomic E-state index is 9.61. The van der Waals surface area contributed by atoms with Crippen molar-refractivity contribution >= 4 is 5.69 Å². The molecule has 2 N–H and O–H groups in total. The molecule has 1 aliphatic carbocycles. The van der Waals surface area contributed by atoms with Crippen molar-refractivity contribution in [1.82, 2.24) is 4.90 Å². The van der Waals surface area contributed by atoms with Crippen molar-refractivity contribution in [2.75, 3.05) is 18.4 Å². The molecular weight excluding hydrogens is 248 g/mol. The predicted octanol–water partition coefficient (Wildman–Crippen LogP) is 3.31. The maximum absolute atomic E-state index is 9.61. The first kappa shape index (κ1) is 13.7. The minimum absolute atomic E-state index is 0.347. The van der Waals surface area contributed by atoms with Crippen molar-refractivity contribution in [2.24, 2.45) is 11.8 Å². The van der Waals surface area contributed by atoms with E-state index in [1.165, 1.54) is 32.4 Å². The van der Waals surface area contributed by atoms with Crippen LogP contribution in [-0.4, -0.2) is 35.2 Å². The van der Waals surface area contributed by atoms with E-state index in [9.17, 15) is 5.11 Å². The topological polar surface area (TPSA) is 35.5 Å². The van der Waals surface area contributed by atoms with Crippen LogP contribution in [0.5, 0.6) is 5.75 Å². The third-order valence-electron chi connectivity index (χ3n) is 5.01. The Hall–Kier alpha value is -1.22. The lowest BCUT2D eigenvalue weighted by atomic mass is 9.73. The van der Waals surface area contributed by atoms with E-state index in [1.807, 2.05) is 12.1 Å². The summed E-state index contributed by atoms with van der Waals surface area (Å²) in [5.41, 5.74) is 1.06. The second-order valence-electron chi connectivity index (χ2n) is 6.72. The second kappa shape index (κ2) is 5.65. The van der Waals surface area contributed by atoms with Crippen molar-refractivity contribution in [1.29, 1.82) is 0 Å². The minimum atomic E-state index is 0.347. The molecule has 1 saturated carbocycles. The van der Waals surface area contributed by atoms with Gasteiger partial charge in [0.1, 0.15) is 5.75 Å². The SMILES string of the molecule is CC(C)N1CC2CCCC(C1)C2Nc1cccc(O)c1. The van der Waals surface area contributed by atoms with Crippen LogP contribution in [0.4, 0.5) is 5.69 Å². The molecule has 1 heterocycles. The fourth-order valence-corrected chi connectivity index (χ4v) is 3.92. The number of hydrogen-bond donors (Lipinski definition) is 2. The molecular formula is C17H26N2O. The van der Waals surface area contributed by atoms with E-state index in [0.29, 0.717) is 17.8 Å². The first-order valence-corrected chi connectivity index (χ1v) is 7.93. The van der Waals surface area contributed by atoms with Gasteiger partial charge in [-0.2, -0.15) is 0 Å². The first-order valence-electron chi connectivity index (χ1n) is 7.93. The highest BCUT2D eigenvalue weighted by Crippen LogP contribution is 2.37. The molecule has 20 heavy (non-hydrogen) atoms. The third kappa shape index (κ3) is 2.78. The highest BCUT2D eigenvalue weighted by Gasteiger charge is 2.39. The maximum Gasteiger partial charge on any atom is 0.117 e. The summed E-state index contributed by atoms with van der Waals surface area (Å²) >= 11 is 0. The molecule has 0 aromatic heterocycles. The van der Waals surface area contributed by atoms with E-state index in [2.05, 4.69) is 30.1 Å². The number of rotatable bonds is 3. The van der Waals surface area contributed by atoms with Gasteiger partial charge < -0.3 is 15.3 Å². The number of nitrogens with one attached hydrogen (secondary N) is 1. The van der Waals surface area contributed by atoms with Crippen molar-refractivity contribution in [3.8, 4) is 5.75 Å². The summed E-state index contributed by atoms with van der Waals surface area (Å²) in [6, 6.07) is 8.76. The Bertz CT molecular complexity index is 446. The smallest absolute Gasteiger partial charge is 0.117 e. The van der Waals surface area contributed by atoms with Gasteiger partial charge in [-0.3, -0.25) is 0 Å². The Balaban J connectivity index is 1.73. The largest absolute Gasteiger partial charge is 0.508 e. The highest BCUT2D eigenvalue weighted by molar-refractivity contribution is 5.48. The van der Waals surface area contributed by atoms with E-state index < -0.39 is 0 Å². The molecule has 1 aromatic rings. The van der Waals surface area contributed by atoms with Crippen LogP contribution in [0, 0.1) is 11.8 Å². The summed E-state index contributed by atoms with van der Waals surface area (Å²) in [7, 11) is 0. The molecule has 2 aliphatic rings. The molecule has 3 heteroatoms. The molecule has 2 atom stereocenters. The van der Waals surface area contributed by atoms with Crippen molar-refractivity contribution in [3.63, 3.8) is 0 Å². The van der Waals surface area contributed by atoms with E-state index in [0.717, 1.165) is 17.5 Å². The lowest BCUT2D eigenvalue weighted by molar-refractivity contribution is 0.0518. The van der Waals surface area contributed by atoms with Gasteiger partial charge in [0.15, 0.2) is 0 Å². The lowest BCUT2D eigenvalue weighted by Gasteiger charge is -2.49. The zero-order valence-corrected chi connectivity index (χ0v) is 12.5. The van der Waals surface area contributed by atoms with E-state index in [-0.39, 0.29) is 0 Å². The fraction of sp³-hybridized carbons (Fsp3) is 0.647. The average molecular weight is 274 g/mol. The van der Waals surface area contributed by atoms with Crippen molar-refractivity contribution in [2.45, 2.75) is 45.2 Å². The number of piperidine rings is 1. The number of phenolic OH excluding ortho intramolecular Hbond substituents is 1. The quantitative estimate of drug-likeness (QED) is 0.887. The van der Waals surface area contributed by atoms with Gasteiger partial charge in [-0.1, -0.05) is 12.5 Å². The fourth-order valence-electron chi connectivity index (χ4n) is 3.92. The Kier molecular flexibility index (Phi) is 3.88. The Labute approximate surface area is 122 Å². The summed E-state index contributed by atoms with van der Waals surface area (Å²) in [4.78, 5) is 2.63. The summed E-state index contributed by atoms with van der Waals surface area (Å²) < 4.78 is 0. The third-order valence-corrected chi connectivity index (χ3v) is 5.01. The molecule has 1 saturated heterocycles. The summed E-state index contributed by atoms with van der Waals surface area (Å²) in [5.74, 6) is 1.83. The molecule has 3 rings (SSSR count). The first-order chi connectivity index (χ1) is 9.63. The predicted molar refractivity (Wildman–Crippen MR) is 83.1 cm³/mol. The Morgan fingerprint density at radius 1 is 1.20 bits per heavy atom. The van der Waals surface area contributed by atoms with Crippen molar-refractivity contribution < 1.29 is 5.11 Å². The lowest BCUT2D eigenvalue weighted by Crippen LogP contribution is -2.56. The standard InChI is InChI=1S/C17H26N2O/c1-12(2)19-10-13-5-3-6-14(11-19)17(13)18-15-7-4-8-16(20)9-15/h4,7-9,12-14,17-18,20H,3,5-6,10-11H2,1-2H3. The van der Waals surface area contributed by atoms with Crippen molar-refractivity contribution in [3.05, 3.63) is 24.3 Å². The molecule has 0 spiro atoms. The van der Waals surface area contributed by atoms with Crippen LogP contribution < -0.4 is 5.32 Å².